The maximum absolute atomic E-state index is 12.6. The highest BCUT2D eigenvalue weighted by Crippen LogP contribution is 2.13. The maximum atomic E-state index is 12.6. The predicted octanol–water partition coefficient (Wildman–Crippen LogP) is 2.28. The van der Waals surface area contributed by atoms with Gasteiger partial charge < -0.3 is 14.8 Å². The van der Waals surface area contributed by atoms with Crippen molar-refractivity contribution >= 4 is 15.8 Å². The van der Waals surface area contributed by atoms with Crippen LogP contribution in [0, 0.1) is 0 Å². The largest absolute Gasteiger partial charge is 0.353 e. The molecule has 1 aromatic carbocycles. The third-order valence-corrected chi connectivity index (χ3v) is 6.20. The van der Waals surface area contributed by atoms with Crippen molar-refractivity contribution in [3.05, 3.63) is 54.4 Å². The minimum atomic E-state index is -3.35. The van der Waals surface area contributed by atoms with Gasteiger partial charge in [0.05, 0.1) is 17.2 Å². The molecule has 7 heteroatoms. The Morgan fingerprint density at radius 2 is 1.92 bits per heavy atom. The molecule has 1 atom stereocenters. The number of rotatable bonds is 7. The van der Waals surface area contributed by atoms with E-state index in [1.54, 1.807) is 31.3 Å². The number of hydrogen-bond donors (Lipinski definition) is 1. The summed E-state index contributed by atoms with van der Waals surface area (Å²) in [6, 6.07) is 12.4. The van der Waals surface area contributed by atoms with E-state index in [2.05, 4.69) is 20.9 Å². The second-order valence-electron chi connectivity index (χ2n) is 6.36. The number of aromatic nitrogens is 1. The Bertz CT molecular complexity index is 828. The van der Waals surface area contributed by atoms with Crippen molar-refractivity contribution in [2.45, 2.75) is 30.8 Å². The maximum Gasteiger partial charge on any atom is 0.193 e. The third kappa shape index (κ3) is 5.11. The van der Waals surface area contributed by atoms with Crippen molar-refractivity contribution in [1.82, 2.24) is 14.8 Å². The summed E-state index contributed by atoms with van der Waals surface area (Å²) < 4.78 is 27.3. The van der Waals surface area contributed by atoms with Gasteiger partial charge >= 0.3 is 0 Å². The highest BCUT2D eigenvalue weighted by molar-refractivity contribution is 7.91. The average Bonchev–Trinajstić information content (AvgIpc) is 3.03. The highest BCUT2D eigenvalue weighted by Gasteiger charge is 2.22. The van der Waals surface area contributed by atoms with Crippen LogP contribution in [0.1, 0.15) is 19.0 Å². The molecule has 0 saturated heterocycles. The molecule has 1 N–H and O–H groups in total. The fourth-order valence-corrected chi connectivity index (χ4v) is 4.37. The van der Waals surface area contributed by atoms with Gasteiger partial charge in [0.15, 0.2) is 15.8 Å². The van der Waals surface area contributed by atoms with Crippen molar-refractivity contribution in [3.63, 3.8) is 0 Å². The lowest BCUT2D eigenvalue weighted by atomic mass is 10.2. The van der Waals surface area contributed by atoms with Crippen LogP contribution >= 0.6 is 0 Å². The van der Waals surface area contributed by atoms with Crippen molar-refractivity contribution in [1.29, 1.82) is 0 Å². The third-order valence-electron chi connectivity index (χ3n) is 4.37. The van der Waals surface area contributed by atoms with E-state index in [1.807, 2.05) is 44.2 Å². The zero-order valence-corrected chi connectivity index (χ0v) is 16.7. The first kappa shape index (κ1) is 20.0. The molecule has 0 spiro atoms. The molecule has 1 unspecified atom stereocenters. The summed E-state index contributed by atoms with van der Waals surface area (Å²) in [6.45, 7) is 2.66. The summed E-state index contributed by atoms with van der Waals surface area (Å²) in [7, 11) is 2.31. The van der Waals surface area contributed by atoms with E-state index in [4.69, 9.17) is 0 Å². The summed E-state index contributed by atoms with van der Waals surface area (Å²) in [5, 5.41) is 3.30. The van der Waals surface area contributed by atoms with Gasteiger partial charge in [0.25, 0.3) is 0 Å². The van der Waals surface area contributed by atoms with Gasteiger partial charge in [0, 0.05) is 39.1 Å². The Hall–Kier alpha value is -2.28. The Morgan fingerprint density at radius 1 is 1.23 bits per heavy atom. The molecule has 0 aliphatic heterocycles. The van der Waals surface area contributed by atoms with Crippen LogP contribution in [-0.4, -0.2) is 49.7 Å². The van der Waals surface area contributed by atoms with Crippen LogP contribution in [0.3, 0.4) is 0 Å². The number of guanidine groups is 1. The zero-order valence-electron chi connectivity index (χ0n) is 15.9. The monoisotopic (exact) mass is 376 g/mol. The van der Waals surface area contributed by atoms with Crippen LogP contribution in [0.2, 0.25) is 0 Å². The van der Waals surface area contributed by atoms with E-state index in [-0.39, 0.29) is 11.8 Å². The Kier molecular flexibility index (Phi) is 6.85. The second-order valence-corrected chi connectivity index (χ2v) is 8.39. The molecule has 6 nitrogen and oxygen atoms in total. The number of sulfone groups is 1. The summed E-state index contributed by atoms with van der Waals surface area (Å²) in [4.78, 5) is 6.66. The predicted molar refractivity (Wildman–Crippen MR) is 106 cm³/mol. The Balaban J connectivity index is 2.06. The average molecular weight is 377 g/mol. The fourth-order valence-electron chi connectivity index (χ4n) is 2.76. The van der Waals surface area contributed by atoms with E-state index in [9.17, 15) is 8.42 Å². The van der Waals surface area contributed by atoms with Gasteiger partial charge in [-0.15, -0.1) is 0 Å². The molecule has 142 valence electrons. The summed E-state index contributed by atoms with van der Waals surface area (Å²) in [5.41, 5.74) is 1.15. The van der Waals surface area contributed by atoms with Crippen LogP contribution < -0.4 is 5.32 Å². The minimum absolute atomic E-state index is 0.0323. The molecular formula is C19H28N4O2S. The van der Waals surface area contributed by atoms with Crippen LogP contribution in [0.5, 0.6) is 0 Å². The lowest BCUT2D eigenvalue weighted by Crippen LogP contribution is -2.46. The Morgan fingerprint density at radius 3 is 2.46 bits per heavy atom. The zero-order chi connectivity index (χ0) is 19.2. The number of aliphatic imine (C=N–C) groups is 1. The van der Waals surface area contributed by atoms with Crippen molar-refractivity contribution in [2.75, 3.05) is 19.8 Å². The molecule has 0 fully saturated rings. The van der Waals surface area contributed by atoms with Gasteiger partial charge in [0.1, 0.15) is 0 Å². The molecule has 0 aliphatic carbocycles. The van der Waals surface area contributed by atoms with Gasteiger partial charge in [0.2, 0.25) is 0 Å². The lowest BCUT2D eigenvalue weighted by Gasteiger charge is -2.26. The number of aryl methyl sites for hydroxylation is 1. The molecule has 1 heterocycles. The quantitative estimate of drug-likeness (QED) is 0.595. The van der Waals surface area contributed by atoms with Crippen molar-refractivity contribution in [3.8, 4) is 0 Å². The first-order chi connectivity index (χ1) is 12.4. The van der Waals surface area contributed by atoms with Crippen LogP contribution in [0.4, 0.5) is 0 Å². The lowest BCUT2D eigenvalue weighted by molar-refractivity contribution is 0.448. The van der Waals surface area contributed by atoms with Crippen LogP contribution in [0.25, 0.3) is 0 Å². The van der Waals surface area contributed by atoms with E-state index >= 15 is 0 Å². The topological polar surface area (TPSA) is 66.7 Å². The van der Waals surface area contributed by atoms with Crippen LogP contribution in [-0.2, 0) is 23.4 Å². The SMILES string of the molecule is CCC(CS(=O)(=O)c1ccccc1)NC(=NC)N(C)Cc1cccn1C. The van der Waals surface area contributed by atoms with E-state index in [0.29, 0.717) is 23.8 Å². The van der Waals surface area contributed by atoms with Gasteiger partial charge in [-0.1, -0.05) is 25.1 Å². The van der Waals surface area contributed by atoms with E-state index in [1.165, 1.54) is 0 Å². The smallest absolute Gasteiger partial charge is 0.193 e. The molecule has 2 aromatic rings. The molecule has 0 radical (unpaired) electrons. The van der Waals surface area contributed by atoms with Gasteiger partial charge in [-0.3, -0.25) is 4.99 Å². The van der Waals surface area contributed by atoms with Crippen LogP contribution in [0.15, 0.2) is 58.5 Å². The molecule has 0 aliphatic rings. The second kappa shape index (κ2) is 8.89. The number of nitrogens with one attached hydrogen (secondary N) is 1. The summed E-state index contributed by atoms with van der Waals surface area (Å²) in [6.07, 6.45) is 2.68. The van der Waals surface area contributed by atoms with E-state index < -0.39 is 9.84 Å². The minimum Gasteiger partial charge on any atom is -0.353 e. The standard InChI is InChI=1S/C19H28N4O2S/c1-5-16(15-26(24,25)18-11-7-6-8-12-18)21-19(20-2)23(4)14-17-10-9-13-22(17)3/h6-13,16H,5,14-15H2,1-4H3,(H,20,21). The molecule has 0 amide bonds. The molecule has 1 aromatic heterocycles. The number of benzene rings is 1. The van der Waals surface area contributed by atoms with E-state index in [0.717, 1.165) is 5.69 Å². The molecular weight excluding hydrogens is 348 g/mol. The first-order valence-corrected chi connectivity index (χ1v) is 10.3. The number of hydrogen-bond acceptors (Lipinski definition) is 3. The highest BCUT2D eigenvalue weighted by atomic mass is 32.2. The molecule has 0 saturated carbocycles. The fraction of sp³-hybridized carbons (Fsp3) is 0.421. The first-order valence-electron chi connectivity index (χ1n) is 8.69. The summed E-state index contributed by atoms with van der Waals surface area (Å²) in [5.74, 6) is 0.714. The van der Waals surface area contributed by atoms with Gasteiger partial charge in [-0.2, -0.15) is 0 Å². The molecule has 2 rings (SSSR count). The van der Waals surface area contributed by atoms with Gasteiger partial charge in [-0.25, -0.2) is 8.42 Å². The Labute approximate surface area is 156 Å². The number of nitrogens with zero attached hydrogens (tertiary/aromatic N) is 3. The summed E-state index contributed by atoms with van der Waals surface area (Å²) >= 11 is 0. The normalized spacial score (nSPS) is 13.5. The van der Waals surface area contributed by atoms with Gasteiger partial charge in [-0.05, 0) is 30.7 Å². The van der Waals surface area contributed by atoms with Crippen molar-refractivity contribution in [2.24, 2.45) is 12.0 Å². The van der Waals surface area contributed by atoms with Crippen molar-refractivity contribution < 1.29 is 8.42 Å². The molecule has 26 heavy (non-hydrogen) atoms. The molecule has 0 bridgehead atoms.